The van der Waals surface area contributed by atoms with E-state index in [-0.39, 0.29) is 0 Å². The highest BCUT2D eigenvalue weighted by atomic mass is 15.0. The van der Waals surface area contributed by atoms with Crippen LogP contribution in [0.25, 0.3) is 28.2 Å². The summed E-state index contributed by atoms with van der Waals surface area (Å²) < 4.78 is 2.19. The average Bonchev–Trinajstić information content (AvgIpc) is 3.01. The van der Waals surface area contributed by atoms with Gasteiger partial charge in [-0.1, -0.05) is 61.5 Å². The molecule has 0 aliphatic heterocycles. The van der Waals surface area contributed by atoms with Gasteiger partial charge in [0, 0.05) is 17.3 Å². The molecule has 2 aromatic heterocycles. The maximum absolute atomic E-state index is 4.94. The van der Waals surface area contributed by atoms with E-state index in [9.17, 15) is 0 Å². The van der Waals surface area contributed by atoms with Gasteiger partial charge in [-0.2, -0.15) is 0 Å². The molecule has 0 radical (unpaired) electrons. The average molecular weight is 312 g/mol. The van der Waals surface area contributed by atoms with E-state index in [1.165, 1.54) is 16.7 Å². The molecule has 0 N–H and O–H groups in total. The molecular weight excluding hydrogens is 292 g/mol. The number of hydrogen-bond acceptors (Lipinski definition) is 1. The minimum absolute atomic E-state index is 0.989. The van der Waals surface area contributed by atoms with Crippen LogP contribution in [0.4, 0.5) is 0 Å². The second-order valence-electron chi connectivity index (χ2n) is 6.16. The number of pyridine rings is 1. The molecule has 2 heteroatoms. The third-order valence-electron chi connectivity index (χ3n) is 4.46. The fourth-order valence-electron chi connectivity index (χ4n) is 3.12. The molecule has 118 valence electrons. The lowest BCUT2D eigenvalue weighted by molar-refractivity contribution is 1.14. The highest BCUT2D eigenvalue weighted by molar-refractivity contribution is 5.82. The van der Waals surface area contributed by atoms with Gasteiger partial charge in [0.1, 0.15) is 5.65 Å². The van der Waals surface area contributed by atoms with E-state index in [4.69, 9.17) is 4.98 Å². The first-order chi connectivity index (χ1) is 11.8. The van der Waals surface area contributed by atoms with Crippen LogP contribution >= 0.6 is 0 Å². The van der Waals surface area contributed by atoms with Gasteiger partial charge in [0.25, 0.3) is 0 Å². The van der Waals surface area contributed by atoms with Crippen LogP contribution < -0.4 is 0 Å². The van der Waals surface area contributed by atoms with Gasteiger partial charge in [-0.05, 0) is 36.6 Å². The van der Waals surface area contributed by atoms with Gasteiger partial charge in [0.15, 0.2) is 0 Å². The second-order valence-corrected chi connectivity index (χ2v) is 6.16. The lowest BCUT2D eigenvalue weighted by Gasteiger charge is -2.06. The summed E-state index contributed by atoms with van der Waals surface area (Å²) in [4.78, 5) is 4.94. The van der Waals surface area contributed by atoms with Gasteiger partial charge in [0.05, 0.1) is 11.4 Å². The van der Waals surface area contributed by atoms with Crippen molar-refractivity contribution >= 4 is 5.65 Å². The first-order valence-electron chi connectivity index (χ1n) is 8.39. The van der Waals surface area contributed by atoms with Crippen molar-refractivity contribution in [3.63, 3.8) is 0 Å². The Morgan fingerprint density at radius 2 is 1.62 bits per heavy atom. The highest BCUT2D eigenvalue weighted by Crippen LogP contribution is 2.33. The van der Waals surface area contributed by atoms with Crippen molar-refractivity contribution in [3.05, 3.63) is 84.1 Å². The molecule has 4 aromatic rings. The van der Waals surface area contributed by atoms with Crippen molar-refractivity contribution in [3.8, 4) is 22.5 Å². The van der Waals surface area contributed by atoms with E-state index >= 15 is 0 Å². The number of fused-ring (bicyclic) bond motifs is 1. The van der Waals surface area contributed by atoms with Crippen molar-refractivity contribution in [2.45, 2.75) is 20.3 Å². The molecule has 2 nitrogen and oxygen atoms in total. The zero-order valence-electron chi connectivity index (χ0n) is 14.0. The molecule has 0 unspecified atom stereocenters. The number of hydrogen-bond donors (Lipinski definition) is 0. The molecule has 0 spiro atoms. The third-order valence-corrected chi connectivity index (χ3v) is 4.46. The zero-order chi connectivity index (χ0) is 16.5. The monoisotopic (exact) mass is 312 g/mol. The van der Waals surface area contributed by atoms with Crippen LogP contribution in [0.3, 0.4) is 0 Å². The molecule has 0 amide bonds. The normalized spacial score (nSPS) is 11.1. The second kappa shape index (κ2) is 5.97. The van der Waals surface area contributed by atoms with Crippen molar-refractivity contribution in [1.82, 2.24) is 9.38 Å². The molecule has 0 saturated carbocycles. The van der Waals surface area contributed by atoms with E-state index in [2.05, 4.69) is 85.1 Å². The van der Waals surface area contributed by atoms with Crippen LogP contribution in [0.1, 0.15) is 18.1 Å². The van der Waals surface area contributed by atoms with E-state index in [0.29, 0.717) is 0 Å². The lowest BCUT2D eigenvalue weighted by atomic mass is 10.0. The van der Waals surface area contributed by atoms with Gasteiger partial charge in [0.2, 0.25) is 0 Å². The summed E-state index contributed by atoms with van der Waals surface area (Å²) in [5.41, 5.74) is 8.09. The lowest BCUT2D eigenvalue weighted by Crippen LogP contribution is -1.90. The maximum Gasteiger partial charge on any atom is 0.138 e. The molecule has 0 atom stereocenters. The number of aryl methyl sites for hydroxylation is 2. The Labute approximate surface area is 142 Å². The summed E-state index contributed by atoms with van der Waals surface area (Å²) in [5.74, 6) is 0. The quantitative estimate of drug-likeness (QED) is 0.485. The van der Waals surface area contributed by atoms with Gasteiger partial charge in [-0.25, -0.2) is 4.98 Å². The Morgan fingerprint density at radius 1 is 0.875 bits per heavy atom. The molecule has 0 bridgehead atoms. The number of aromatic nitrogens is 2. The fourth-order valence-corrected chi connectivity index (χ4v) is 3.12. The van der Waals surface area contributed by atoms with Crippen LogP contribution in [0.15, 0.2) is 72.9 Å². The van der Waals surface area contributed by atoms with E-state index in [1.54, 1.807) is 0 Å². The number of benzene rings is 2. The van der Waals surface area contributed by atoms with Crippen LogP contribution in [-0.2, 0) is 6.42 Å². The minimum atomic E-state index is 0.989. The Hall–Kier alpha value is -2.87. The van der Waals surface area contributed by atoms with Crippen LogP contribution in [0.2, 0.25) is 0 Å². The van der Waals surface area contributed by atoms with Crippen LogP contribution in [0.5, 0.6) is 0 Å². The summed E-state index contributed by atoms with van der Waals surface area (Å²) in [6.45, 7) is 4.28. The van der Waals surface area contributed by atoms with Crippen molar-refractivity contribution in [2.24, 2.45) is 0 Å². The Kier molecular flexibility index (Phi) is 3.66. The smallest absolute Gasteiger partial charge is 0.138 e. The summed E-state index contributed by atoms with van der Waals surface area (Å²) in [6, 6.07) is 23.5. The largest absolute Gasteiger partial charge is 0.299 e. The van der Waals surface area contributed by atoms with E-state index in [0.717, 1.165) is 29.0 Å². The fraction of sp³-hybridized carbons (Fsp3) is 0.136. The standard InChI is InChI=1S/C22H20N2/c1-3-17-9-11-18(12-10-17)21-22(19-7-5-4-6-8-19)24-14-13-16(2)15-20(24)23-21/h4-15H,3H2,1-2H3. The van der Waals surface area contributed by atoms with Crippen molar-refractivity contribution in [1.29, 1.82) is 0 Å². The molecule has 2 aromatic carbocycles. The number of imidazole rings is 1. The molecule has 4 rings (SSSR count). The van der Waals surface area contributed by atoms with E-state index in [1.807, 2.05) is 6.07 Å². The molecular formula is C22H20N2. The zero-order valence-corrected chi connectivity index (χ0v) is 14.0. The summed E-state index contributed by atoms with van der Waals surface area (Å²) in [7, 11) is 0. The van der Waals surface area contributed by atoms with Crippen molar-refractivity contribution < 1.29 is 0 Å². The van der Waals surface area contributed by atoms with Gasteiger partial charge >= 0.3 is 0 Å². The van der Waals surface area contributed by atoms with Crippen LogP contribution in [0, 0.1) is 6.92 Å². The molecule has 0 aliphatic rings. The van der Waals surface area contributed by atoms with Gasteiger partial charge in [-0.15, -0.1) is 0 Å². The van der Waals surface area contributed by atoms with Gasteiger partial charge < -0.3 is 0 Å². The molecule has 24 heavy (non-hydrogen) atoms. The molecule has 2 heterocycles. The van der Waals surface area contributed by atoms with Crippen molar-refractivity contribution in [2.75, 3.05) is 0 Å². The first kappa shape index (κ1) is 14.7. The number of rotatable bonds is 3. The minimum Gasteiger partial charge on any atom is -0.299 e. The summed E-state index contributed by atoms with van der Waals surface area (Å²) in [6.07, 6.45) is 3.17. The molecule has 0 aliphatic carbocycles. The third kappa shape index (κ3) is 2.50. The Morgan fingerprint density at radius 3 is 2.33 bits per heavy atom. The molecule has 0 saturated heterocycles. The van der Waals surface area contributed by atoms with E-state index < -0.39 is 0 Å². The summed E-state index contributed by atoms with van der Waals surface area (Å²) >= 11 is 0. The number of nitrogens with zero attached hydrogens (tertiary/aromatic N) is 2. The topological polar surface area (TPSA) is 17.3 Å². The predicted molar refractivity (Wildman–Crippen MR) is 100 cm³/mol. The Bertz CT molecular complexity index is 980. The highest BCUT2D eigenvalue weighted by Gasteiger charge is 2.15. The Balaban J connectivity index is 1.99. The SMILES string of the molecule is CCc1ccc(-c2nc3cc(C)ccn3c2-c2ccccc2)cc1. The molecule has 0 fully saturated rings. The maximum atomic E-state index is 4.94. The summed E-state index contributed by atoms with van der Waals surface area (Å²) in [5, 5.41) is 0. The van der Waals surface area contributed by atoms with Gasteiger partial charge in [-0.3, -0.25) is 4.40 Å². The van der Waals surface area contributed by atoms with Crippen LogP contribution in [-0.4, -0.2) is 9.38 Å². The predicted octanol–water partition coefficient (Wildman–Crippen LogP) is 5.54. The first-order valence-corrected chi connectivity index (χ1v) is 8.39.